The monoisotopic (exact) mass is 270 g/mol. The normalized spacial score (nSPS) is 10.8. The average Bonchev–Trinajstić information content (AvgIpc) is 2.46. The number of ether oxygens (including phenoxy) is 1. The molecule has 0 atom stereocenters. The molecule has 0 saturated carbocycles. The molecule has 1 aromatic heterocycles. The topological polar surface area (TPSA) is 25.4 Å². The molecule has 2 rings (SSSR count). The number of para-hydroxylation sites is 1. The van der Waals surface area contributed by atoms with Gasteiger partial charge in [-0.3, -0.25) is 4.98 Å². The minimum Gasteiger partial charge on any atom is -0.493 e. The molecule has 0 aliphatic heterocycles. The van der Waals surface area contributed by atoms with Gasteiger partial charge in [0.2, 0.25) is 0 Å². The smallest absolute Gasteiger partial charge is 0.122 e. The molecule has 20 heavy (non-hydrogen) atoms. The lowest BCUT2D eigenvalue weighted by Gasteiger charge is -2.16. The van der Waals surface area contributed by atoms with Crippen LogP contribution < -0.4 is 4.74 Å². The standard InChI is InChI=1S/C17H22N2O/c1-15-7-3-4-9-17(15)20-12-6-11-19(2)14-16-8-5-10-18-13-16/h3-5,7-10,13H,6,11-12,14H2,1-2H3. The van der Waals surface area contributed by atoms with Gasteiger partial charge < -0.3 is 9.64 Å². The van der Waals surface area contributed by atoms with Crippen LogP contribution >= 0.6 is 0 Å². The fraction of sp³-hybridized carbons (Fsp3) is 0.353. The molecular weight excluding hydrogens is 248 g/mol. The number of benzene rings is 1. The van der Waals surface area contributed by atoms with Crippen LogP contribution in [0.25, 0.3) is 0 Å². The molecule has 106 valence electrons. The molecule has 0 fully saturated rings. The molecule has 0 aliphatic rings. The van der Waals surface area contributed by atoms with E-state index in [9.17, 15) is 0 Å². The summed E-state index contributed by atoms with van der Waals surface area (Å²) >= 11 is 0. The molecule has 1 aromatic carbocycles. The summed E-state index contributed by atoms with van der Waals surface area (Å²) in [4.78, 5) is 6.42. The molecule has 0 spiro atoms. The minimum atomic E-state index is 0.752. The van der Waals surface area contributed by atoms with Gasteiger partial charge in [0.05, 0.1) is 6.61 Å². The van der Waals surface area contributed by atoms with Crippen molar-refractivity contribution in [1.29, 1.82) is 0 Å². The number of hydrogen-bond acceptors (Lipinski definition) is 3. The van der Waals surface area contributed by atoms with Crippen LogP contribution in [-0.2, 0) is 6.54 Å². The summed E-state index contributed by atoms with van der Waals surface area (Å²) < 4.78 is 5.80. The number of nitrogens with zero attached hydrogens (tertiary/aromatic N) is 2. The Morgan fingerprint density at radius 3 is 2.75 bits per heavy atom. The fourth-order valence-electron chi connectivity index (χ4n) is 2.12. The van der Waals surface area contributed by atoms with Crippen LogP contribution in [0.2, 0.25) is 0 Å². The summed E-state index contributed by atoms with van der Waals surface area (Å²) in [5, 5.41) is 0. The molecule has 3 nitrogen and oxygen atoms in total. The van der Waals surface area contributed by atoms with Crippen molar-refractivity contribution in [2.45, 2.75) is 19.9 Å². The highest BCUT2D eigenvalue weighted by Crippen LogP contribution is 2.16. The van der Waals surface area contributed by atoms with E-state index in [1.54, 1.807) is 6.20 Å². The van der Waals surface area contributed by atoms with E-state index >= 15 is 0 Å². The Labute approximate surface area is 121 Å². The zero-order chi connectivity index (χ0) is 14.2. The lowest BCUT2D eigenvalue weighted by atomic mass is 10.2. The van der Waals surface area contributed by atoms with Crippen molar-refractivity contribution < 1.29 is 4.74 Å². The molecule has 1 heterocycles. The Kier molecular flexibility index (Phi) is 5.56. The van der Waals surface area contributed by atoms with Gasteiger partial charge in [-0.1, -0.05) is 24.3 Å². The second kappa shape index (κ2) is 7.65. The predicted molar refractivity (Wildman–Crippen MR) is 81.9 cm³/mol. The molecule has 0 unspecified atom stereocenters. The third-order valence-electron chi connectivity index (χ3n) is 3.21. The molecule has 0 amide bonds. The molecule has 2 aromatic rings. The first-order valence-corrected chi connectivity index (χ1v) is 7.01. The van der Waals surface area contributed by atoms with E-state index < -0.39 is 0 Å². The van der Waals surface area contributed by atoms with Crippen molar-refractivity contribution in [3.05, 3.63) is 59.9 Å². The highest BCUT2D eigenvalue weighted by molar-refractivity contribution is 5.31. The van der Waals surface area contributed by atoms with E-state index in [2.05, 4.69) is 36.0 Å². The summed E-state index contributed by atoms with van der Waals surface area (Å²) in [6.07, 6.45) is 4.74. The van der Waals surface area contributed by atoms with Crippen LogP contribution in [0.1, 0.15) is 17.5 Å². The second-order valence-corrected chi connectivity index (χ2v) is 5.07. The third kappa shape index (κ3) is 4.67. The van der Waals surface area contributed by atoms with Gasteiger partial charge in [0.1, 0.15) is 5.75 Å². The number of aryl methyl sites for hydroxylation is 1. The van der Waals surface area contributed by atoms with Crippen LogP contribution in [0, 0.1) is 6.92 Å². The lowest BCUT2D eigenvalue weighted by molar-refractivity contribution is 0.258. The van der Waals surface area contributed by atoms with Crippen molar-refractivity contribution in [1.82, 2.24) is 9.88 Å². The quantitative estimate of drug-likeness (QED) is 0.722. The van der Waals surface area contributed by atoms with Crippen LogP contribution in [0.4, 0.5) is 0 Å². The van der Waals surface area contributed by atoms with Gasteiger partial charge in [0.15, 0.2) is 0 Å². The van der Waals surface area contributed by atoms with Crippen molar-refractivity contribution >= 4 is 0 Å². The second-order valence-electron chi connectivity index (χ2n) is 5.07. The van der Waals surface area contributed by atoms with Crippen LogP contribution in [0.5, 0.6) is 5.75 Å². The van der Waals surface area contributed by atoms with Gasteiger partial charge >= 0.3 is 0 Å². The fourth-order valence-corrected chi connectivity index (χ4v) is 2.12. The SMILES string of the molecule is Cc1ccccc1OCCCN(C)Cc1cccnc1. The molecule has 0 bridgehead atoms. The molecule has 0 radical (unpaired) electrons. The van der Waals surface area contributed by atoms with E-state index in [-0.39, 0.29) is 0 Å². The van der Waals surface area contributed by atoms with E-state index in [1.807, 2.05) is 30.5 Å². The van der Waals surface area contributed by atoms with Gasteiger partial charge in [0.25, 0.3) is 0 Å². The van der Waals surface area contributed by atoms with E-state index in [4.69, 9.17) is 4.74 Å². The maximum atomic E-state index is 5.80. The molecule has 0 N–H and O–H groups in total. The van der Waals surface area contributed by atoms with Gasteiger partial charge in [-0.05, 0) is 43.7 Å². The number of rotatable bonds is 7. The van der Waals surface area contributed by atoms with Crippen LogP contribution in [0.3, 0.4) is 0 Å². The van der Waals surface area contributed by atoms with Crippen molar-refractivity contribution in [3.63, 3.8) is 0 Å². The predicted octanol–water partition coefficient (Wildman–Crippen LogP) is 3.29. The third-order valence-corrected chi connectivity index (χ3v) is 3.21. The molecule has 0 saturated heterocycles. The van der Waals surface area contributed by atoms with Crippen molar-refractivity contribution in [3.8, 4) is 5.75 Å². The lowest BCUT2D eigenvalue weighted by Crippen LogP contribution is -2.20. The first-order valence-electron chi connectivity index (χ1n) is 7.01. The number of pyridine rings is 1. The average molecular weight is 270 g/mol. The van der Waals surface area contributed by atoms with Crippen LogP contribution in [0.15, 0.2) is 48.8 Å². The van der Waals surface area contributed by atoms with E-state index in [0.717, 1.165) is 31.9 Å². The maximum Gasteiger partial charge on any atom is 0.122 e. The van der Waals surface area contributed by atoms with Gasteiger partial charge in [-0.15, -0.1) is 0 Å². The molecular formula is C17H22N2O. The minimum absolute atomic E-state index is 0.752. The summed E-state index contributed by atoms with van der Waals surface area (Å²) in [6, 6.07) is 12.2. The van der Waals surface area contributed by atoms with Gasteiger partial charge in [0, 0.05) is 25.5 Å². The Morgan fingerprint density at radius 1 is 1.15 bits per heavy atom. The van der Waals surface area contributed by atoms with Crippen molar-refractivity contribution in [2.75, 3.05) is 20.2 Å². The van der Waals surface area contributed by atoms with Gasteiger partial charge in [-0.25, -0.2) is 0 Å². The Hall–Kier alpha value is -1.87. The van der Waals surface area contributed by atoms with E-state index in [0.29, 0.717) is 0 Å². The first kappa shape index (κ1) is 14.5. The summed E-state index contributed by atoms with van der Waals surface area (Å²) in [7, 11) is 2.13. The summed E-state index contributed by atoms with van der Waals surface area (Å²) in [5.74, 6) is 0.988. The first-order chi connectivity index (χ1) is 9.75. The Bertz CT molecular complexity index is 513. The zero-order valence-electron chi connectivity index (χ0n) is 12.2. The summed E-state index contributed by atoms with van der Waals surface area (Å²) in [5.41, 5.74) is 2.44. The maximum absolute atomic E-state index is 5.80. The highest BCUT2D eigenvalue weighted by Gasteiger charge is 2.01. The van der Waals surface area contributed by atoms with E-state index in [1.165, 1.54) is 11.1 Å². The number of aromatic nitrogens is 1. The Balaban J connectivity index is 1.67. The zero-order valence-corrected chi connectivity index (χ0v) is 12.2. The molecule has 3 heteroatoms. The highest BCUT2D eigenvalue weighted by atomic mass is 16.5. The van der Waals surface area contributed by atoms with Crippen molar-refractivity contribution in [2.24, 2.45) is 0 Å². The molecule has 0 aliphatic carbocycles. The van der Waals surface area contributed by atoms with Crippen LogP contribution in [-0.4, -0.2) is 30.1 Å². The largest absolute Gasteiger partial charge is 0.493 e. The summed E-state index contributed by atoms with van der Waals surface area (Å²) in [6.45, 7) is 4.77. The number of hydrogen-bond donors (Lipinski definition) is 0. The van der Waals surface area contributed by atoms with Gasteiger partial charge in [-0.2, -0.15) is 0 Å². The Morgan fingerprint density at radius 2 is 2.00 bits per heavy atom.